The molecule has 73 heavy (non-hydrogen) atoms. The number of nitrogens with two attached hydrogens (primary N) is 1. The van der Waals surface area contributed by atoms with Crippen LogP contribution < -0.4 is 19.3 Å². The molecule has 0 radical (unpaired) electrons. The number of methoxy groups -OCH3 is 2. The van der Waals surface area contributed by atoms with Gasteiger partial charge in [0.1, 0.15) is 11.6 Å². The summed E-state index contributed by atoms with van der Waals surface area (Å²) in [6.07, 6.45) is 2.61. The van der Waals surface area contributed by atoms with Crippen molar-refractivity contribution < 1.29 is 49.8 Å². The molecule has 0 aliphatic carbocycles. The van der Waals surface area contributed by atoms with Crippen LogP contribution in [0, 0.1) is 34.3 Å². The number of rotatable bonds is 15. The molecule has 0 aliphatic heterocycles. The van der Waals surface area contributed by atoms with Crippen molar-refractivity contribution in [2.75, 3.05) is 14.2 Å². The fourth-order valence-electron chi connectivity index (χ4n) is 7.43. The van der Waals surface area contributed by atoms with Crippen LogP contribution >= 0.6 is 0 Å². The minimum Gasteiger partial charge on any atom is -0.481 e. The molecule has 2 heterocycles. The molecule has 384 valence electrons. The Morgan fingerprint density at radius 3 is 1.47 bits per heavy atom. The first-order valence-electron chi connectivity index (χ1n) is 22.6. The van der Waals surface area contributed by atoms with Crippen molar-refractivity contribution in [2.45, 2.75) is 101 Å². The molecule has 0 fully saturated rings. The van der Waals surface area contributed by atoms with Crippen LogP contribution in [0.25, 0.3) is 22.3 Å². The summed E-state index contributed by atoms with van der Waals surface area (Å²) in [6.45, 7) is 14.3. The number of nitriles is 2. The number of carboxylic acid groups (broad SMARTS) is 1. The molecule has 0 unspecified atom stereocenters. The second-order valence-corrected chi connectivity index (χ2v) is 21.6. The van der Waals surface area contributed by atoms with Gasteiger partial charge in [-0.25, -0.2) is 45.4 Å². The van der Waals surface area contributed by atoms with Gasteiger partial charge in [0, 0.05) is 24.5 Å². The van der Waals surface area contributed by atoms with Crippen molar-refractivity contribution in [3.05, 3.63) is 154 Å². The Morgan fingerprint density at radius 2 is 1.08 bits per heavy atom. The van der Waals surface area contributed by atoms with E-state index >= 15 is 0 Å². The molecule has 6 aromatic rings. The van der Waals surface area contributed by atoms with Crippen molar-refractivity contribution in [3.8, 4) is 46.2 Å². The highest BCUT2D eigenvalue weighted by Crippen LogP contribution is 2.35. The topological polar surface area (TPSA) is 253 Å². The van der Waals surface area contributed by atoms with Gasteiger partial charge >= 0.3 is 5.97 Å². The number of nitrogens with zero attached hydrogens (tertiary/aromatic N) is 4. The number of benzene rings is 4. The predicted octanol–water partition coefficient (Wildman–Crippen LogP) is 9.65. The van der Waals surface area contributed by atoms with Gasteiger partial charge in [-0.1, -0.05) is 52.0 Å². The van der Waals surface area contributed by atoms with Gasteiger partial charge in [0.05, 0.1) is 59.8 Å². The van der Waals surface area contributed by atoms with Crippen LogP contribution in [0.4, 0.5) is 8.78 Å². The standard InChI is InChI=1S/C27H28FN3O4S.C17H18FNO3.C10H12N2O2S/c1-17(2)22-13-20(28)14-23(18-9-10-30-26(11-18)35-5)24(22)15-25(32)31-36(33,34)21-8-6-7-19(12-21)27(3,4)16-29;1-10(2)13-7-12(18)8-14(15(13)9-17(20)21)11-4-5-19-16(6-11)22-3;1-10(2,7-11)8-4-3-5-9(6-8)15(12,13)14/h6-14,17H,15H2,1-5H3,(H,31,32);4-8,10H,9H2,1-3H3,(H,20,21);3-6H,1-2H3,(H2,12,13,14). The Kier molecular flexibility index (Phi) is 19.2. The highest BCUT2D eigenvalue weighted by molar-refractivity contribution is 7.90. The highest BCUT2D eigenvalue weighted by atomic mass is 32.2. The molecule has 0 bridgehead atoms. The number of sulfonamides is 2. The van der Waals surface area contributed by atoms with Crippen molar-refractivity contribution in [1.82, 2.24) is 14.7 Å². The van der Waals surface area contributed by atoms with Crippen LogP contribution in [0.3, 0.4) is 0 Å². The molecule has 6 rings (SSSR count). The lowest BCUT2D eigenvalue weighted by atomic mass is 9.86. The number of pyridine rings is 2. The Bertz CT molecular complexity index is 3310. The third-order valence-electron chi connectivity index (χ3n) is 11.5. The fourth-order valence-corrected chi connectivity index (χ4v) is 9.02. The molecule has 19 heteroatoms. The van der Waals surface area contributed by atoms with Crippen molar-refractivity contribution in [3.63, 3.8) is 0 Å². The van der Waals surface area contributed by atoms with Gasteiger partial charge in [-0.2, -0.15) is 10.5 Å². The van der Waals surface area contributed by atoms with E-state index in [0.717, 1.165) is 0 Å². The molecule has 15 nitrogen and oxygen atoms in total. The van der Waals surface area contributed by atoms with Gasteiger partial charge < -0.3 is 14.6 Å². The number of hydrogen-bond donors (Lipinski definition) is 3. The number of hydrogen-bond acceptors (Lipinski definition) is 12. The van der Waals surface area contributed by atoms with Crippen molar-refractivity contribution in [1.29, 1.82) is 10.5 Å². The number of amides is 1. The average Bonchev–Trinajstić information content (AvgIpc) is 3.34. The minimum absolute atomic E-state index is 0.0209. The van der Waals surface area contributed by atoms with Gasteiger partial charge in [-0.05, 0) is 156 Å². The second-order valence-electron chi connectivity index (χ2n) is 18.4. The number of halogens is 2. The summed E-state index contributed by atoms with van der Waals surface area (Å²) in [7, 11) is -4.96. The molecular weight excluding hydrogens is 979 g/mol. The predicted molar refractivity (Wildman–Crippen MR) is 272 cm³/mol. The van der Waals surface area contributed by atoms with E-state index in [1.54, 1.807) is 76.4 Å². The van der Waals surface area contributed by atoms with E-state index < -0.39 is 48.6 Å². The van der Waals surface area contributed by atoms with Crippen LogP contribution in [0.1, 0.15) is 101 Å². The number of carbonyl (C=O) groups is 2. The lowest BCUT2D eigenvalue weighted by Crippen LogP contribution is -2.32. The number of carboxylic acids is 1. The lowest BCUT2D eigenvalue weighted by Gasteiger charge is -2.19. The SMILES string of the molecule is CC(C)(C#N)c1cccc(S(N)(=O)=O)c1.COc1cc(-c2cc(F)cc(C(C)C)c2CC(=O)NS(=O)(=O)c2cccc(C(C)(C)C#N)c2)ccn1.COc1cc(-c2cc(F)cc(C(C)C)c2CC(=O)O)ccn1. The Morgan fingerprint density at radius 1 is 0.671 bits per heavy atom. The minimum atomic E-state index is -4.21. The quantitative estimate of drug-likeness (QED) is 0.0867. The summed E-state index contributed by atoms with van der Waals surface area (Å²) in [5.41, 5.74) is 4.22. The molecular formula is C54H58F2N6O9S2. The second kappa shape index (κ2) is 24.2. The zero-order valence-corrected chi connectivity index (χ0v) is 43.7. The van der Waals surface area contributed by atoms with Gasteiger partial charge in [-0.15, -0.1) is 0 Å². The van der Waals surface area contributed by atoms with E-state index in [-0.39, 0.29) is 40.3 Å². The van der Waals surface area contributed by atoms with E-state index in [1.165, 1.54) is 75.0 Å². The molecule has 1 amide bonds. The molecule has 0 atom stereocenters. The molecule has 0 saturated heterocycles. The molecule has 4 aromatic carbocycles. The summed E-state index contributed by atoms with van der Waals surface area (Å²) in [5, 5.41) is 32.5. The van der Waals surface area contributed by atoms with Gasteiger partial charge in [0.15, 0.2) is 0 Å². The molecule has 2 aromatic heterocycles. The Balaban J connectivity index is 0.000000264. The average molecular weight is 1040 g/mol. The normalized spacial score (nSPS) is 11.5. The summed E-state index contributed by atoms with van der Waals surface area (Å²) in [5.74, 6) is -1.97. The Labute approximate surface area is 425 Å². The first-order chi connectivity index (χ1) is 34.1. The monoisotopic (exact) mass is 1040 g/mol. The smallest absolute Gasteiger partial charge is 0.307 e. The van der Waals surface area contributed by atoms with E-state index in [4.69, 9.17) is 19.9 Å². The van der Waals surface area contributed by atoms with Gasteiger partial charge in [-0.3, -0.25) is 9.59 Å². The maximum Gasteiger partial charge on any atom is 0.307 e. The van der Waals surface area contributed by atoms with Crippen molar-refractivity contribution >= 4 is 31.9 Å². The van der Waals surface area contributed by atoms with E-state index in [9.17, 15) is 45.6 Å². The number of carbonyl (C=O) groups excluding carboxylic acids is 1. The number of ether oxygens (including phenoxy) is 2. The number of nitrogens with one attached hydrogen (secondary N) is 1. The van der Waals surface area contributed by atoms with E-state index in [2.05, 4.69) is 26.8 Å². The Hall–Kier alpha value is -7.58. The summed E-state index contributed by atoms with van der Waals surface area (Å²) in [4.78, 5) is 32.2. The number of aliphatic carboxylic acids is 1. The molecule has 0 spiro atoms. The molecule has 0 saturated carbocycles. The maximum absolute atomic E-state index is 14.6. The zero-order valence-electron chi connectivity index (χ0n) is 42.1. The largest absolute Gasteiger partial charge is 0.481 e. The van der Waals surface area contributed by atoms with Crippen LogP contribution in [0.15, 0.2) is 119 Å². The number of primary sulfonamides is 1. The summed E-state index contributed by atoms with van der Waals surface area (Å²) in [6, 6.07) is 28.4. The van der Waals surface area contributed by atoms with Gasteiger partial charge in [0.2, 0.25) is 27.7 Å². The van der Waals surface area contributed by atoms with E-state index in [0.29, 0.717) is 67.4 Å². The first kappa shape index (κ1) is 58.0. The fraction of sp³-hybridized carbons (Fsp3) is 0.296. The maximum atomic E-state index is 14.6. The van der Waals surface area contributed by atoms with Crippen LogP contribution in [-0.4, -0.2) is 58.0 Å². The van der Waals surface area contributed by atoms with Crippen molar-refractivity contribution in [2.24, 2.45) is 5.14 Å². The summed E-state index contributed by atoms with van der Waals surface area (Å²) < 4.78 is 89.1. The third kappa shape index (κ3) is 15.5. The number of aromatic nitrogens is 2. The van der Waals surface area contributed by atoms with Crippen LogP contribution in [0.5, 0.6) is 11.8 Å². The summed E-state index contributed by atoms with van der Waals surface area (Å²) >= 11 is 0. The zero-order chi connectivity index (χ0) is 54.6. The van der Waals surface area contributed by atoms with E-state index in [1.807, 2.05) is 27.7 Å². The van der Waals surface area contributed by atoms with Gasteiger partial charge in [0.25, 0.3) is 10.0 Å². The lowest BCUT2D eigenvalue weighted by molar-refractivity contribution is -0.136. The highest BCUT2D eigenvalue weighted by Gasteiger charge is 2.26. The van der Waals surface area contributed by atoms with Crippen LogP contribution in [0.2, 0.25) is 0 Å². The molecule has 4 N–H and O–H groups in total. The van der Waals surface area contributed by atoms with Crippen LogP contribution in [-0.2, 0) is 53.3 Å². The third-order valence-corrected chi connectivity index (χ3v) is 13.8. The molecule has 0 aliphatic rings. The first-order valence-corrected chi connectivity index (χ1v) is 25.6.